The second kappa shape index (κ2) is 6.28. The number of ether oxygens (including phenoxy) is 2. The predicted molar refractivity (Wildman–Crippen MR) is 83.0 cm³/mol. The molecular formula is C17H20F4N2O3. The molecule has 1 aliphatic heterocycles. The van der Waals surface area contributed by atoms with E-state index in [0.29, 0.717) is 25.4 Å². The van der Waals surface area contributed by atoms with Crippen molar-refractivity contribution in [3.05, 3.63) is 23.6 Å². The number of halogens is 4. The van der Waals surface area contributed by atoms with E-state index in [-0.39, 0.29) is 30.5 Å². The van der Waals surface area contributed by atoms with Gasteiger partial charge in [0.15, 0.2) is 5.82 Å². The topological polar surface area (TPSA) is 51.7 Å². The lowest BCUT2D eigenvalue weighted by molar-refractivity contribution is -0.138. The lowest BCUT2D eigenvalue weighted by Crippen LogP contribution is -2.37. The van der Waals surface area contributed by atoms with E-state index in [9.17, 15) is 22.4 Å². The number of carbonyl (C=O) groups excluding carboxylic acids is 1. The summed E-state index contributed by atoms with van der Waals surface area (Å²) in [5.41, 5.74) is -1.71. The summed E-state index contributed by atoms with van der Waals surface area (Å²) in [4.78, 5) is 17.0. The number of fused-ring (bicyclic) bond motifs is 1. The number of carbonyl (C=O) groups is 1. The summed E-state index contributed by atoms with van der Waals surface area (Å²) in [5, 5.41) is 0. The second-order valence-electron chi connectivity index (χ2n) is 7.70. The number of hydrogen-bond donors (Lipinski definition) is 0. The van der Waals surface area contributed by atoms with Gasteiger partial charge in [-0.1, -0.05) is 0 Å². The van der Waals surface area contributed by atoms with Crippen molar-refractivity contribution < 1.29 is 31.8 Å². The Balaban J connectivity index is 1.49. The van der Waals surface area contributed by atoms with Crippen LogP contribution in [-0.2, 0) is 10.9 Å². The molecule has 0 radical (unpaired) electrons. The van der Waals surface area contributed by atoms with E-state index in [0.717, 1.165) is 0 Å². The Labute approximate surface area is 148 Å². The highest BCUT2D eigenvalue weighted by Crippen LogP contribution is 2.52. The summed E-state index contributed by atoms with van der Waals surface area (Å²) in [5.74, 6) is -0.967. The molecule has 0 aromatic carbocycles. The maximum absolute atomic E-state index is 13.7. The first kappa shape index (κ1) is 18.7. The Morgan fingerprint density at radius 1 is 1.27 bits per heavy atom. The van der Waals surface area contributed by atoms with E-state index in [2.05, 4.69) is 4.98 Å². The van der Waals surface area contributed by atoms with E-state index >= 15 is 0 Å². The van der Waals surface area contributed by atoms with E-state index in [1.54, 1.807) is 25.7 Å². The SMILES string of the molecule is CC(C)(C)OC(=O)N1C[C@@H]2[C@@H](COc3ncc(C(F)(F)F)cc3F)[C@@H]2C1. The smallest absolute Gasteiger partial charge is 0.417 e. The van der Waals surface area contributed by atoms with Gasteiger partial charge in [-0.15, -0.1) is 0 Å². The fourth-order valence-electron chi connectivity index (χ4n) is 3.23. The normalized spacial score (nSPS) is 25.0. The van der Waals surface area contributed by atoms with Gasteiger partial charge >= 0.3 is 12.3 Å². The Hall–Kier alpha value is -2.06. The largest absolute Gasteiger partial charge is 0.475 e. The summed E-state index contributed by atoms with van der Waals surface area (Å²) in [7, 11) is 0. The first-order chi connectivity index (χ1) is 12.0. The summed E-state index contributed by atoms with van der Waals surface area (Å²) < 4.78 is 61.8. The molecule has 0 spiro atoms. The molecule has 1 aliphatic carbocycles. The number of likely N-dealkylation sites (tertiary alicyclic amines) is 1. The fourth-order valence-corrected chi connectivity index (χ4v) is 3.23. The van der Waals surface area contributed by atoms with Crippen LogP contribution in [0.5, 0.6) is 5.88 Å². The van der Waals surface area contributed by atoms with E-state index < -0.39 is 29.0 Å². The van der Waals surface area contributed by atoms with Gasteiger partial charge in [0, 0.05) is 25.2 Å². The van der Waals surface area contributed by atoms with Gasteiger partial charge in [-0.25, -0.2) is 14.2 Å². The number of aromatic nitrogens is 1. The highest BCUT2D eigenvalue weighted by molar-refractivity contribution is 5.69. The molecule has 1 saturated carbocycles. The third-order valence-electron chi connectivity index (χ3n) is 4.57. The van der Waals surface area contributed by atoms with Gasteiger partial charge < -0.3 is 14.4 Å². The standard InChI is InChI=1S/C17H20F4N2O3/c1-16(2,3)26-15(24)23-6-10-11(7-23)12(10)8-25-14-13(18)4-9(5-22-14)17(19,20)21/h4-5,10-12H,6-8H2,1-3H3/t10-,11+,12+. The number of hydrogen-bond acceptors (Lipinski definition) is 4. The second-order valence-corrected chi connectivity index (χ2v) is 7.70. The zero-order valence-electron chi connectivity index (χ0n) is 14.6. The van der Waals surface area contributed by atoms with E-state index in [1.807, 2.05) is 0 Å². The zero-order valence-corrected chi connectivity index (χ0v) is 14.6. The van der Waals surface area contributed by atoms with Crippen LogP contribution in [0.1, 0.15) is 26.3 Å². The molecule has 2 fully saturated rings. The molecule has 26 heavy (non-hydrogen) atoms. The Morgan fingerprint density at radius 3 is 2.38 bits per heavy atom. The van der Waals surface area contributed by atoms with Gasteiger partial charge in [0.25, 0.3) is 0 Å². The molecule has 0 bridgehead atoms. The average molecular weight is 376 g/mol. The number of nitrogens with zero attached hydrogens (tertiary/aromatic N) is 2. The molecule has 1 saturated heterocycles. The molecule has 2 aliphatic rings. The maximum atomic E-state index is 13.7. The van der Waals surface area contributed by atoms with Gasteiger partial charge in [-0.2, -0.15) is 13.2 Å². The molecule has 1 aromatic rings. The molecule has 2 heterocycles. The van der Waals surface area contributed by atoms with Crippen molar-refractivity contribution in [3.63, 3.8) is 0 Å². The van der Waals surface area contributed by atoms with Crippen LogP contribution < -0.4 is 4.74 Å². The minimum absolute atomic E-state index is 0.136. The van der Waals surface area contributed by atoms with Gasteiger partial charge in [-0.05, 0) is 38.7 Å². The maximum Gasteiger partial charge on any atom is 0.417 e. The molecular weight excluding hydrogens is 356 g/mol. The van der Waals surface area contributed by atoms with Crippen molar-refractivity contribution in [3.8, 4) is 5.88 Å². The van der Waals surface area contributed by atoms with Gasteiger partial charge in [0.1, 0.15) is 5.60 Å². The number of alkyl halides is 3. The highest BCUT2D eigenvalue weighted by atomic mass is 19.4. The minimum atomic E-state index is -4.65. The molecule has 1 aromatic heterocycles. The van der Waals surface area contributed by atoms with Crippen LogP contribution in [0.15, 0.2) is 12.3 Å². The zero-order chi connectivity index (χ0) is 19.3. The molecule has 0 unspecified atom stereocenters. The predicted octanol–water partition coefficient (Wildman–Crippen LogP) is 3.73. The van der Waals surface area contributed by atoms with Crippen LogP contribution in [0.25, 0.3) is 0 Å². The third kappa shape index (κ3) is 4.02. The van der Waals surface area contributed by atoms with Crippen LogP contribution in [0.4, 0.5) is 22.4 Å². The Bertz CT molecular complexity index is 690. The van der Waals surface area contributed by atoms with Crippen molar-refractivity contribution in [1.82, 2.24) is 9.88 Å². The molecule has 9 heteroatoms. The quantitative estimate of drug-likeness (QED) is 0.755. The van der Waals surface area contributed by atoms with E-state index in [4.69, 9.17) is 9.47 Å². The van der Waals surface area contributed by atoms with Crippen molar-refractivity contribution in [2.24, 2.45) is 17.8 Å². The van der Waals surface area contributed by atoms with Crippen molar-refractivity contribution in [2.45, 2.75) is 32.5 Å². The number of piperidine rings is 1. The average Bonchev–Trinajstić information content (AvgIpc) is 2.94. The lowest BCUT2D eigenvalue weighted by Gasteiger charge is -2.25. The fraction of sp³-hybridized carbons (Fsp3) is 0.647. The van der Waals surface area contributed by atoms with Crippen LogP contribution in [0.3, 0.4) is 0 Å². The molecule has 5 nitrogen and oxygen atoms in total. The van der Waals surface area contributed by atoms with Crippen molar-refractivity contribution in [2.75, 3.05) is 19.7 Å². The molecule has 3 atom stereocenters. The van der Waals surface area contributed by atoms with Crippen LogP contribution in [-0.4, -0.2) is 41.3 Å². The summed E-state index contributed by atoms with van der Waals surface area (Å²) in [6.45, 7) is 6.62. The highest BCUT2D eigenvalue weighted by Gasteiger charge is 2.57. The number of rotatable bonds is 3. The monoisotopic (exact) mass is 376 g/mol. The Morgan fingerprint density at radius 2 is 1.88 bits per heavy atom. The summed E-state index contributed by atoms with van der Waals surface area (Å²) in [6, 6.07) is 0.375. The number of pyridine rings is 1. The molecule has 144 valence electrons. The summed E-state index contributed by atoms with van der Waals surface area (Å²) >= 11 is 0. The molecule has 0 N–H and O–H groups in total. The molecule has 3 rings (SSSR count). The van der Waals surface area contributed by atoms with Crippen molar-refractivity contribution in [1.29, 1.82) is 0 Å². The summed E-state index contributed by atoms with van der Waals surface area (Å²) in [6.07, 6.45) is -4.46. The first-order valence-electron chi connectivity index (χ1n) is 8.29. The Kier molecular flexibility index (Phi) is 4.52. The van der Waals surface area contributed by atoms with Crippen LogP contribution in [0, 0.1) is 23.6 Å². The lowest BCUT2D eigenvalue weighted by atomic mass is 10.2. The molecule has 1 amide bonds. The van der Waals surface area contributed by atoms with Gasteiger partial charge in [-0.3, -0.25) is 0 Å². The van der Waals surface area contributed by atoms with Crippen molar-refractivity contribution >= 4 is 6.09 Å². The van der Waals surface area contributed by atoms with Crippen LogP contribution in [0.2, 0.25) is 0 Å². The third-order valence-corrected chi connectivity index (χ3v) is 4.57. The first-order valence-corrected chi connectivity index (χ1v) is 8.29. The number of amides is 1. The van der Waals surface area contributed by atoms with E-state index in [1.165, 1.54) is 0 Å². The van der Waals surface area contributed by atoms with Gasteiger partial charge in [0.2, 0.25) is 5.88 Å². The minimum Gasteiger partial charge on any atom is -0.475 e. The van der Waals surface area contributed by atoms with Gasteiger partial charge in [0.05, 0.1) is 12.2 Å². The van der Waals surface area contributed by atoms with Crippen LogP contribution >= 0.6 is 0 Å².